The van der Waals surface area contributed by atoms with Crippen molar-refractivity contribution in [2.75, 3.05) is 40.3 Å². The maximum Gasteiger partial charge on any atom is 0.338 e. The lowest BCUT2D eigenvalue weighted by Crippen LogP contribution is -2.40. The molecule has 0 N–H and O–H groups in total. The summed E-state index contributed by atoms with van der Waals surface area (Å²) in [4.78, 5) is 33.8. The zero-order valence-electron chi connectivity index (χ0n) is 20.8. The lowest BCUT2D eigenvalue weighted by atomic mass is 9.95. The third-order valence-electron chi connectivity index (χ3n) is 5.91. The van der Waals surface area contributed by atoms with Gasteiger partial charge in [0.25, 0.3) is 5.56 Å². The van der Waals surface area contributed by atoms with Gasteiger partial charge in [0, 0.05) is 30.2 Å². The number of carbonyl (C=O) groups excluding carboxylic acids is 1. The topological polar surface area (TPSA) is 82.4 Å². The molecule has 0 aliphatic carbocycles. The normalized spacial score (nSPS) is 15.3. The molecule has 0 radical (unpaired) electrons. The van der Waals surface area contributed by atoms with Gasteiger partial charge in [-0.1, -0.05) is 17.4 Å². The van der Waals surface area contributed by atoms with Crippen LogP contribution < -0.4 is 29.3 Å². The molecule has 1 aromatic heterocycles. The van der Waals surface area contributed by atoms with Gasteiger partial charge in [-0.2, -0.15) is 0 Å². The Hall–Kier alpha value is -3.37. The molecular weight excluding hydrogens is 546 g/mol. The molecule has 1 aliphatic heterocycles. The van der Waals surface area contributed by atoms with Crippen molar-refractivity contribution in [1.82, 2.24) is 4.57 Å². The van der Waals surface area contributed by atoms with Crippen LogP contribution in [0.2, 0.25) is 0 Å². The number of ether oxygens (including phenoxy) is 3. The molecule has 8 nitrogen and oxygen atoms in total. The highest BCUT2D eigenvalue weighted by molar-refractivity contribution is 9.10. The zero-order valence-corrected chi connectivity index (χ0v) is 23.2. The van der Waals surface area contributed by atoms with Crippen molar-refractivity contribution in [2.24, 2.45) is 4.99 Å². The summed E-state index contributed by atoms with van der Waals surface area (Å²) in [5.74, 6) is 0.514. The minimum absolute atomic E-state index is 0.261. The first-order chi connectivity index (χ1) is 17.2. The summed E-state index contributed by atoms with van der Waals surface area (Å²) < 4.78 is 19.0. The molecule has 1 aliphatic rings. The maximum absolute atomic E-state index is 13.8. The summed E-state index contributed by atoms with van der Waals surface area (Å²) in [5.41, 5.74) is 3.01. The van der Waals surface area contributed by atoms with E-state index in [4.69, 9.17) is 14.2 Å². The molecule has 36 heavy (non-hydrogen) atoms. The van der Waals surface area contributed by atoms with E-state index in [9.17, 15) is 9.59 Å². The van der Waals surface area contributed by atoms with Gasteiger partial charge < -0.3 is 19.1 Å². The van der Waals surface area contributed by atoms with E-state index in [1.165, 1.54) is 30.1 Å². The van der Waals surface area contributed by atoms with E-state index in [1.807, 2.05) is 43.3 Å². The van der Waals surface area contributed by atoms with Gasteiger partial charge in [0.05, 0.1) is 42.8 Å². The number of hydrogen-bond acceptors (Lipinski definition) is 8. The van der Waals surface area contributed by atoms with Crippen molar-refractivity contribution in [2.45, 2.75) is 13.0 Å². The summed E-state index contributed by atoms with van der Waals surface area (Å²) in [5, 5.41) is 0. The second kappa shape index (κ2) is 10.3. The molecule has 1 atom stereocenters. The predicted molar refractivity (Wildman–Crippen MR) is 144 cm³/mol. The van der Waals surface area contributed by atoms with Crippen LogP contribution in [-0.4, -0.2) is 46.0 Å². The van der Waals surface area contributed by atoms with Crippen LogP contribution in [0.5, 0.6) is 11.5 Å². The number of halogens is 1. The van der Waals surface area contributed by atoms with E-state index in [-0.39, 0.29) is 11.1 Å². The van der Waals surface area contributed by atoms with Crippen molar-refractivity contribution in [3.63, 3.8) is 0 Å². The average molecular weight is 572 g/mol. The van der Waals surface area contributed by atoms with Crippen LogP contribution in [0.15, 0.2) is 61.9 Å². The van der Waals surface area contributed by atoms with Crippen molar-refractivity contribution in [3.05, 3.63) is 83.0 Å². The number of allylic oxidation sites excluding steroid dienone is 1. The largest absolute Gasteiger partial charge is 0.497 e. The Bertz CT molecular complexity index is 1550. The number of methoxy groups -OCH3 is 3. The SMILES string of the molecule is COC(=O)C1=C(C)N=c2s/c(=C\c3ccc(N(C)C)c(Br)c3)c(=O)n2[C@@H]1c1ccc(OC)cc1OC. The van der Waals surface area contributed by atoms with Crippen LogP contribution in [0.3, 0.4) is 0 Å². The Morgan fingerprint density at radius 1 is 1.14 bits per heavy atom. The fraction of sp³-hybridized carbons (Fsp3) is 0.269. The maximum atomic E-state index is 13.8. The van der Waals surface area contributed by atoms with Crippen molar-refractivity contribution >= 4 is 45.0 Å². The number of benzene rings is 2. The Morgan fingerprint density at radius 3 is 2.50 bits per heavy atom. The molecule has 0 amide bonds. The second-order valence-electron chi connectivity index (χ2n) is 8.29. The second-order valence-corrected chi connectivity index (χ2v) is 10.1. The van der Waals surface area contributed by atoms with Crippen LogP contribution >= 0.6 is 27.3 Å². The summed E-state index contributed by atoms with van der Waals surface area (Å²) in [7, 11) is 8.33. The molecule has 0 spiro atoms. The summed E-state index contributed by atoms with van der Waals surface area (Å²) in [6.07, 6.45) is 1.83. The number of rotatable bonds is 6. The van der Waals surface area contributed by atoms with Gasteiger partial charge in [-0.05, 0) is 58.8 Å². The number of hydrogen-bond donors (Lipinski definition) is 0. The van der Waals surface area contributed by atoms with Crippen LogP contribution in [-0.2, 0) is 9.53 Å². The molecule has 4 rings (SSSR count). The Kier molecular flexibility index (Phi) is 7.37. The fourth-order valence-electron chi connectivity index (χ4n) is 4.16. The predicted octanol–water partition coefficient (Wildman–Crippen LogP) is 3.25. The van der Waals surface area contributed by atoms with E-state index in [0.717, 1.165) is 15.7 Å². The first-order valence-corrected chi connectivity index (χ1v) is 12.6. The molecule has 0 bridgehead atoms. The van der Waals surface area contributed by atoms with Gasteiger partial charge in [-0.25, -0.2) is 9.79 Å². The summed E-state index contributed by atoms with van der Waals surface area (Å²) in [6, 6.07) is 10.4. The molecule has 0 saturated carbocycles. The first-order valence-electron chi connectivity index (χ1n) is 11.0. The molecule has 188 valence electrons. The first kappa shape index (κ1) is 25.7. The standard InChI is InChI=1S/C26H26BrN3O5S/c1-14-22(25(32)35-6)23(17-9-8-16(33-4)13-20(17)34-5)30-24(31)21(36-26(30)28-14)12-15-7-10-19(29(2)3)18(27)11-15/h7-13,23H,1-6H3/b21-12-/t23-/m1/s1. The quantitative estimate of drug-likeness (QED) is 0.422. The monoisotopic (exact) mass is 571 g/mol. The number of aromatic nitrogens is 1. The van der Waals surface area contributed by atoms with E-state index in [0.29, 0.717) is 32.1 Å². The summed E-state index contributed by atoms with van der Waals surface area (Å²) in [6.45, 7) is 1.74. The van der Waals surface area contributed by atoms with Gasteiger partial charge in [0.1, 0.15) is 17.5 Å². The van der Waals surface area contributed by atoms with Crippen LogP contribution in [0.1, 0.15) is 24.1 Å². The molecule has 10 heteroatoms. The van der Waals surface area contributed by atoms with E-state index < -0.39 is 12.0 Å². The third-order valence-corrected chi connectivity index (χ3v) is 7.53. The average Bonchev–Trinajstić information content (AvgIpc) is 3.16. The van der Waals surface area contributed by atoms with E-state index in [1.54, 1.807) is 32.2 Å². The van der Waals surface area contributed by atoms with Gasteiger partial charge >= 0.3 is 5.97 Å². The van der Waals surface area contributed by atoms with E-state index >= 15 is 0 Å². The molecule has 0 saturated heterocycles. The summed E-state index contributed by atoms with van der Waals surface area (Å²) >= 11 is 4.87. The number of anilines is 1. The third kappa shape index (κ3) is 4.58. The van der Waals surface area contributed by atoms with Gasteiger partial charge in [-0.15, -0.1) is 0 Å². The number of fused-ring (bicyclic) bond motifs is 1. The Balaban J connectivity index is 1.96. The van der Waals surface area contributed by atoms with Crippen LogP contribution in [0, 0.1) is 0 Å². The highest BCUT2D eigenvalue weighted by Gasteiger charge is 2.35. The molecule has 2 aromatic carbocycles. The van der Waals surface area contributed by atoms with Gasteiger partial charge in [-0.3, -0.25) is 9.36 Å². The Labute approximate surface area is 220 Å². The number of carbonyl (C=O) groups is 1. The number of thiazole rings is 1. The van der Waals surface area contributed by atoms with Crippen molar-refractivity contribution < 1.29 is 19.0 Å². The molecule has 0 unspecified atom stereocenters. The smallest absolute Gasteiger partial charge is 0.338 e. The van der Waals surface area contributed by atoms with Gasteiger partial charge in [0.2, 0.25) is 0 Å². The van der Waals surface area contributed by atoms with Gasteiger partial charge in [0.15, 0.2) is 4.80 Å². The van der Waals surface area contributed by atoms with Crippen LogP contribution in [0.25, 0.3) is 6.08 Å². The zero-order chi connectivity index (χ0) is 26.1. The molecule has 2 heterocycles. The van der Waals surface area contributed by atoms with Crippen molar-refractivity contribution in [3.8, 4) is 11.5 Å². The molecule has 3 aromatic rings. The van der Waals surface area contributed by atoms with Crippen molar-refractivity contribution in [1.29, 1.82) is 0 Å². The number of nitrogens with zero attached hydrogens (tertiary/aromatic N) is 3. The molecular formula is C26H26BrN3O5S. The number of esters is 1. The highest BCUT2D eigenvalue weighted by Crippen LogP contribution is 2.37. The lowest BCUT2D eigenvalue weighted by molar-refractivity contribution is -0.136. The minimum atomic E-state index is -0.778. The fourth-order valence-corrected chi connectivity index (χ4v) is 5.96. The van der Waals surface area contributed by atoms with Crippen LogP contribution in [0.4, 0.5) is 5.69 Å². The van der Waals surface area contributed by atoms with E-state index in [2.05, 4.69) is 20.9 Å². The highest BCUT2D eigenvalue weighted by atomic mass is 79.9. The lowest BCUT2D eigenvalue weighted by Gasteiger charge is -2.25. The minimum Gasteiger partial charge on any atom is -0.497 e. The molecule has 0 fully saturated rings. The Morgan fingerprint density at radius 2 is 1.89 bits per heavy atom.